The maximum Gasteiger partial charge on any atom is 0.306 e. The predicted octanol–water partition coefficient (Wildman–Crippen LogP) is 0.0932. The number of nitrogens with two attached hydrogens (primary N) is 1. The van der Waals surface area contributed by atoms with Crippen molar-refractivity contribution < 1.29 is 14.7 Å². The van der Waals surface area contributed by atoms with Crippen LogP contribution in [-0.4, -0.2) is 29.1 Å². The monoisotopic (exact) mass is 214 g/mol. The van der Waals surface area contributed by atoms with Crippen LogP contribution in [0.15, 0.2) is 0 Å². The number of carbonyl (C=O) groups is 2. The van der Waals surface area contributed by atoms with E-state index in [-0.39, 0.29) is 17.9 Å². The van der Waals surface area contributed by atoms with E-state index in [1.165, 1.54) is 0 Å². The van der Waals surface area contributed by atoms with E-state index in [2.05, 4.69) is 5.32 Å². The van der Waals surface area contributed by atoms with Crippen LogP contribution in [0.25, 0.3) is 0 Å². The van der Waals surface area contributed by atoms with Gasteiger partial charge >= 0.3 is 5.97 Å². The molecule has 5 nitrogen and oxygen atoms in total. The molecule has 0 aromatic heterocycles. The van der Waals surface area contributed by atoms with Gasteiger partial charge in [-0.1, -0.05) is 6.92 Å². The molecule has 0 aromatic carbocycles. The van der Waals surface area contributed by atoms with E-state index in [4.69, 9.17) is 10.8 Å². The third-order valence-corrected chi connectivity index (χ3v) is 2.90. The van der Waals surface area contributed by atoms with Gasteiger partial charge in [0.2, 0.25) is 5.91 Å². The number of hydrogen-bond donors (Lipinski definition) is 3. The Morgan fingerprint density at radius 1 is 1.53 bits per heavy atom. The number of rotatable bonds is 4. The van der Waals surface area contributed by atoms with Crippen molar-refractivity contribution in [2.24, 2.45) is 11.7 Å². The number of carbonyl (C=O) groups excluding carboxylic acids is 1. The summed E-state index contributed by atoms with van der Waals surface area (Å²) in [6, 6.07) is -0.495. The number of amides is 1. The van der Waals surface area contributed by atoms with E-state index in [9.17, 15) is 9.59 Å². The summed E-state index contributed by atoms with van der Waals surface area (Å²) in [4.78, 5) is 22.1. The Hall–Kier alpha value is -1.10. The number of nitrogens with one attached hydrogen (secondary N) is 1. The molecule has 0 heterocycles. The lowest BCUT2D eigenvalue weighted by Gasteiger charge is -2.15. The minimum atomic E-state index is -0.772. The number of carboxylic acid groups (broad SMARTS) is 1. The normalized spacial score (nSPS) is 27.3. The zero-order valence-electron chi connectivity index (χ0n) is 8.90. The van der Waals surface area contributed by atoms with Crippen LogP contribution in [0, 0.1) is 5.92 Å². The molecule has 0 saturated heterocycles. The van der Waals surface area contributed by atoms with Crippen molar-refractivity contribution in [1.82, 2.24) is 5.32 Å². The molecule has 4 N–H and O–H groups in total. The van der Waals surface area contributed by atoms with Crippen LogP contribution in [0.4, 0.5) is 0 Å². The first-order chi connectivity index (χ1) is 7.04. The van der Waals surface area contributed by atoms with Crippen molar-refractivity contribution in [2.45, 2.75) is 44.7 Å². The second-order valence-electron chi connectivity index (χ2n) is 4.07. The van der Waals surface area contributed by atoms with Gasteiger partial charge in [0.25, 0.3) is 0 Å². The Morgan fingerprint density at radius 3 is 2.67 bits per heavy atom. The molecule has 86 valence electrons. The zero-order valence-corrected chi connectivity index (χ0v) is 8.90. The summed E-state index contributed by atoms with van der Waals surface area (Å²) < 4.78 is 0. The van der Waals surface area contributed by atoms with Gasteiger partial charge in [-0.3, -0.25) is 9.59 Å². The van der Waals surface area contributed by atoms with Crippen LogP contribution >= 0.6 is 0 Å². The Bertz CT molecular complexity index is 255. The smallest absolute Gasteiger partial charge is 0.306 e. The van der Waals surface area contributed by atoms with Crippen molar-refractivity contribution >= 4 is 11.9 Å². The molecule has 1 aliphatic carbocycles. The van der Waals surface area contributed by atoms with Gasteiger partial charge in [0, 0.05) is 6.04 Å². The van der Waals surface area contributed by atoms with Crippen molar-refractivity contribution in [1.29, 1.82) is 0 Å². The van der Waals surface area contributed by atoms with Gasteiger partial charge in [0.15, 0.2) is 0 Å². The van der Waals surface area contributed by atoms with Crippen LogP contribution in [0.5, 0.6) is 0 Å². The van der Waals surface area contributed by atoms with Crippen LogP contribution in [0.1, 0.15) is 32.6 Å². The minimum Gasteiger partial charge on any atom is -0.481 e. The van der Waals surface area contributed by atoms with Gasteiger partial charge in [0.1, 0.15) is 0 Å². The minimum absolute atomic E-state index is 0.0174. The SMILES string of the molecule is CC[C@H](N)C(=O)N[C@H]1CC[C@@H](C(=O)O)C1. The maximum absolute atomic E-state index is 11.4. The van der Waals surface area contributed by atoms with Crippen molar-refractivity contribution in [3.05, 3.63) is 0 Å². The predicted molar refractivity (Wildman–Crippen MR) is 55.2 cm³/mol. The molecule has 1 amide bonds. The first kappa shape index (κ1) is 12.0. The summed E-state index contributed by atoms with van der Waals surface area (Å²) in [6.45, 7) is 1.85. The molecule has 0 aliphatic heterocycles. The van der Waals surface area contributed by atoms with E-state index < -0.39 is 12.0 Å². The van der Waals surface area contributed by atoms with E-state index in [1.807, 2.05) is 6.92 Å². The highest BCUT2D eigenvalue weighted by molar-refractivity contribution is 5.81. The molecular weight excluding hydrogens is 196 g/mol. The van der Waals surface area contributed by atoms with Gasteiger partial charge in [-0.05, 0) is 25.7 Å². The summed E-state index contributed by atoms with van der Waals surface area (Å²) in [5.74, 6) is -1.26. The second-order valence-corrected chi connectivity index (χ2v) is 4.07. The lowest BCUT2D eigenvalue weighted by atomic mass is 10.1. The summed E-state index contributed by atoms with van der Waals surface area (Å²) in [6.07, 6.45) is 2.50. The molecule has 0 spiro atoms. The van der Waals surface area contributed by atoms with Crippen LogP contribution < -0.4 is 11.1 Å². The Morgan fingerprint density at radius 2 is 2.20 bits per heavy atom. The largest absolute Gasteiger partial charge is 0.481 e. The number of hydrogen-bond acceptors (Lipinski definition) is 3. The highest BCUT2D eigenvalue weighted by Crippen LogP contribution is 2.25. The summed E-state index contributed by atoms with van der Waals surface area (Å²) >= 11 is 0. The standard InChI is InChI=1S/C10H18N2O3/c1-2-8(11)9(13)12-7-4-3-6(5-7)10(14)15/h6-8H,2-5,11H2,1H3,(H,12,13)(H,14,15)/t6-,7+,8+/m1/s1. The Kier molecular flexibility index (Phi) is 4.08. The Labute approximate surface area is 89.0 Å². The third kappa shape index (κ3) is 3.20. The van der Waals surface area contributed by atoms with Crippen molar-refractivity contribution in [2.75, 3.05) is 0 Å². The Balaban J connectivity index is 2.36. The van der Waals surface area contributed by atoms with Crippen LogP contribution in [0.3, 0.4) is 0 Å². The molecule has 0 unspecified atom stereocenters. The average Bonchev–Trinajstić information content (AvgIpc) is 2.65. The van der Waals surface area contributed by atoms with E-state index in [1.54, 1.807) is 0 Å². The molecule has 1 saturated carbocycles. The van der Waals surface area contributed by atoms with Gasteiger partial charge in [0.05, 0.1) is 12.0 Å². The third-order valence-electron chi connectivity index (χ3n) is 2.90. The molecule has 15 heavy (non-hydrogen) atoms. The topological polar surface area (TPSA) is 92.4 Å². The van der Waals surface area contributed by atoms with E-state index >= 15 is 0 Å². The van der Waals surface area contributed by atoms with E-state index in [0.717, 1.165) is 6.42 Å². The highest BCUT2D eigenvalue weighted by Gasteiger charge is 2.31. The van der Waals surface area contributed by atoms with Gasteiger partial charge in [-0.25, -0.2) is 0 Å². The zero-order chi connectivity index (χ0) is 11.4. The lowest BCUT2D eigenvalue weighted by Crippen LogP contribution is -2.44. The first-order valence-electron chi connectivity index (χ1n) is 5.33. The lowest BCUT2D eigenvalue weighted by molar-refractivity contribution is -0.141. The molecule has 5 heteroatoms. The summed E-state index contributed by atoms with van der Waals surface area (Å²) in [7, 11) is 0. The van der Waals surface area contributed by atoms with Gasteiger partial charge in [-0.15, -0.1) is 0 Å². The fourth-order valence-corrected chi connectivity index (χ4v) is 1.83. The molecule has 0 bridgehead atoms. The first-order valence-corrected chi connectivity index (χ1v) is 5.33. The summed E-state index contributed by atoms with van der Waals surface area (Å²) in [5.41, 5.74) is 5.56. The van der Waals surface area contributed by atoms with Crippen molar-refractivity contribution in [3.8, 4) is 0 Å². The highest BCUT2D eigenvalue weighted by atomic mass is 16.4. The van der Waals surface area contributed by atoms with Crippen molar-refractivity contribution in [3.63, 3.8) is 0 Å². The van der Waals surface area contributed by atoms with E-state index in [0.29, 0.717) is 19.3 Å². The second kappa shape index (κ2) is 5.11. The van der Waals surface area contributed by atoms with Crippen LogP contribution in [0.2, 0.25) is 0 Å². The molecule has 1 fully saturated rings. The molecule has 0 aromatic rings. The quantitative estimate of drug-likeness (QED) is 0.618. The summed E-state index contributed by atoms with van der Waals surface area (Å²) in [5, 5.41) is 11.6. The molecule has 1 rings (SSSR count). The molecular formula is C10H18N2O3. The number of aliphatic carboxylic acids is 1. The number of carboxylic acids is 1. The van der Waals surface area contributed by atoms with Gasteiger partial charge < -0.3 is 16.2 Å². The fourth-order valence-electron chi connectivity index (χ4n) is 1.83. The van der Waals surface area contributed by atoms with Gasteiger partial charge in [-0.2, -0.15) is 0 Å². The van der Waals surface area contributed by atoms with Crippen LogP contribution in [-0.2, 0) is 9.59 Å². The maximum atomic E-state index is 11.4. The fraction of sp³-hybridized carbons (Fsp3) is 0.800. The molecule has 3 atom stereocenters. The molecule has 1 aliphatic rings. The molecule has 0 radical (unpaired) electrons. The average molecular weight is 214 g/mol.